The Labute approximate surface area is 130 Å². The van der Waals surface area contributed by atoms with E-state index in [2.05, 4.69) is 19.2 Å². The van der Waals surface area contributed by atoms with Crippen molar-refractivity contribution in [1.82, 2.24) is 5.32 Å². The number of carbonyl (C=O) groups excluding carboxylic acids is 1. The molecule has 0 aromatic heterocycles. The lowest BCUT2D eigenvalue weighted by Gasteiger charge is -2.54. The summed E-state index contributed by atoms with van der Waals surface area (Å²) in [6.45, 7) is 5.14. The van der Waals surface area contributed by atoms with Gasteiger partial charge in [-0.1, -0.05) is 26.0 Å². The Morgan fingerprint density at radius 1 is 1.41 bits per heavy atom. The van der Waals surface area contributed by atoms with E-state index in [1.807, 2.05) is 6.07 Å². The number of benzene rings is 1. The van der Waals surface area contributed by atoms with Gasteiger partial charge in [-0.05, 0) is 36.5 Å². The minimum Gasteiger partial charge on any atom is -0.377 e. The highest BCUT2D eigenvalue weighted by atomic mass is 19.1. The topological polar surface area (TPSA) is 38.3 Å². The Balaban J connectivity index is 1.40. The molecule has 0 spiro atoms. The summed E-state index contributed by atoms with van der Waals surface area (Å²) >= 11 is 0. The van der Waals surface area contributed by atoms with E-state index in [-0.39, 0.29) is 41.1 Å². The van der Waals surface area contributed by atoms with Crippen LogP contribution in [0.1, 0.15) is 38.2 Å². The van der Waals surface area contributed by atoms with Crippen LogP contribution in [0.4, 0.5) is 4.39 Å². The third-order valence-corrected chi connectivity index (χ3v) is 5.80. The molecule has 2 aliphatic carbocycles. The fraction of sp³-hybridized carbons (Fsp3) is 0.611. The molecule has 3 nitrogen and oxygen atoms in total. The van der Waals surface area contributed by atoms with Crippen molar-refractivity contribution < 1.29 is 13.9 Å². The third-order valence-electron chi connectivity index (χ3n) is 5.80. The van der Waals surface area contributed by atoms with Crippen LogP contribution in [0.5, 0.6) is 0 Å². The second-order valence-electron chi connectivity index (χ2n) is 7.56. The molecular formula is C18H22FNO2. The Morgan fingerprint density at radius 3 is 3.00 bits per heavy atom. The summed E-state index contributed by atoms with van der Waals surface area (Å²) in [6.07, 6.45) is 2.15. The van der Waals surface area contributed by atoms with E-state index in [1.165, 1.54) is 6.07 Å². The number of nitrogens with one attached hydrogen (secondary N) is 1. The first-order valence-corrected chi connectivity index (χ1v) is 8.16. The van der Waals surface area contributed by atoms with Gasteiger partial charge in [-0.15, -0.1) is 0 Å². The first kappa shape index (κ1) is 14.2. The molecule has 1 aromatic carbocycles. The van der Waals surface area contributed by atoms with E-state index in [1.54, 1.807) is 12.1 Å². The summed E-state index contributed by atoms with van der Waals surface area (Å²) < 4.78 is 19.1. The molecular weight excluding hydrogens is 281 g/mol. The summed E-state index contributed by atoms with van der Waals surface area (Å²) in [5, 5.41) is 3.24. The maximum absolute atomic E-state index is 13.3. The Bertz CT molecular complexity index is 615. The largest absolute Gasteiger partial charge is 0.377 e. The number of amides is 1. The minimum absolute atomic E-state index is 0.000952. The maximum Gasteiger partial charge on any atom is 0.223 e. The van der Waals surface area contributed by atoms with Crippen molar-refractivity contribution in [2.75, 3.05) is 6.61 Å². The quantitative estimate of drug-likeness (QED) is 0.932. The van der Waals surface area contributed by atoms with E-state index in [9.17, 15) is 9.18 Å². The standard InChI is InChI=1S/C18H22FNO2/c1-18(2)15(12-6-7-22-16(12)18)20-17(21)14-9-13(14)10-4-3-5-11(19)8-10/h3-5,8,12-16H,6-7,9H2,1-2H3,(H,20,21)/t12-,13+,14+,15+,16-/m0/s1. The van der Waals surface area contributed by atoms with Crippen LogP contribution in [0.15, 0.2) is 24.3 Å². The van der Waals surface area contributed by atoms with Crippen LogP contribution >= 0.6 is 0 Å². The molecule has 2 saturated carbocycles. The van der Waals surface area contributed by atoms with E-state index in [0.29, 0.717) is 5.92 Å². The predicted molar refractivity (Wildman–Crippen MR) is 80.8 cm³/mol. The monoisotopic (exact) mass is 303 g/mol. The molecule has 1 heterocycles. The number of hydrogen-bond donors (Lipinski definition) is 1. The highest BCUT2D eigenvalue weighted by Crippen LogP contribution is 2.53. The normalized spacial score (nSPS) is 38.0. The van der Waals surface area contributed by atoms with Crippen LogP contribution in [-0.4, -0.2) is 24.7 Å². The first-order valence-electron chi connectivity index (χ1n) is 8.16. The molecule has 1 aliphatic heterocycles. The smallest absolute Gasteiger partial charge is 0.223 e. The Hall–Kier alpha value is -1.42. The van der Waals surface area contributed by atoms with Crippen molar-refractivity contribution in [3.05, 3.63) is 35.6 Å². The maximum atomic E-state index is 13.3. The van der Waals surface area contributed by atoms with Crippen molar-refractivity contribution >= 4 is 5.91 Å². The number of fused-ring (bicyclic) bond motifs is 1. The third kappa shape index (κ3) is 2.08. The highest BCUT2D eigenvalue weighted by Gasteiger charge is 2.60. The molecule has 1 saturated heterocycles. The van der Waals surface area contributed by atoms with Gasteiger partial charge in [0.25, 0.3) is 0 Å². The van der Waals surface area contributed by atoms with Crippen LogP contribution in [-0.2, 0) is 9.53 Å². The number of hydrogen-bond acceptors (Lipinski definition) is 2. The average Bonchev–Trinajstić information content (AvgIpc) is 3.15. The van der Waals surface area contributed by atoms with Gasteiger partial charge in [-0.3, -0.25) is 4.79 Å². The fourth-order valence-electron chi connectivity index (χ4n) is 4.47. The Kier molecular flexibility index (Phi) is 3.09. The molecule has 3 fully saturated rings. The molecule has 1 amide bonds. The summed E-state index contributed by atoms with van der Waals surface area (Å²) in [5.74, 6) is 0.533. The molecule has 0 radical (unpaired) electrons. The highest BCUT2D eigenvalue weighted by molar-refractivity contribution is 5.83. The lowest BCUT2D eigenvalue weighted by atomic mass is 9.57. The molecule has 22 heavy (non-hydrogen) atoms. The van der Waals surface area contributed by atoms with Crippen molar-refractivity contribution in [2.45, 2.75) is 44.8 Å². The van der Waals surface area contributed by atoms with Crippen LogP contribution < -0.4 is 5.32 Å². The minimum atomic E-state index is -0.227. The summed E-state index contributed by atoms with van der Waals surface area (Å²) in [6, 6.07) is 6.83. The van der Waals surface area contributed by atoms with Gasteiger partial charge in [0, 0.05) is 29.9 Å². The van der Waals surface area contributed by atoms with Gasteiger partial charge in [0.05, 0.1) is 6.10 Å². The van der Waals surface area contributed by atoms with Crippen LogP contribution in [0.2, 0.25) is 0 Å². The van der Waals surface area contributed by atoms with E-state index >= 15 is 0 Å². The lowest BCUT2D eigenvalue weighted by Crippen LogP contribution is -2.66. The number of ether oxygens (including phenoxy) is 1. The summed E-state index contributed by atoms with van der Waals surface area (Å²) in [4.78, 5) is 12.5. The second-order valence-corrected chi connectivity index (χ2v) is 7.56. The van der Waals surface area contributed by atoms with Gasteiger partial charge in [0.15, 0.2) is 0 Å². The van der Waals surface area contributed by atoms with Crippen molar-refractivity contribution in [1.29, 1.82) is 0 Å². The SMILES string of the molecule is CC1(C)[C@H](NC(=O)[C@@H]2C[C@@H]2c2cccc(F)c2)[C@@H]2CCO[C@@H]21. The molecule has 3 aliphatic rings. The van der Waals surface area contributed by atoms with Crippen molar-refractivity contribution in [2.24, 2.45) is 17.3 Å². The van der Waals surface area contributed by atoms with Crippen molar-refractivity contribution in [3.8, 4) is 0 Å². The fourth-order valence-corrected chi connectivity index (χ4v) is 4.47. The zero-order valence-electron chi connectivity index (χ0n) is 13.0. The van der Waals surface area contributed by atoms with Crippen LogP contribution in [0.25, 0.3) is 0 Å². The van der Waals surface area contributed by atoms with E-state index in [0.717, 1.165) is 25.0 Å². The van der Waals surface area contributed by atoms with E-state index < -0.39 is 0 Å². The Morgan fingerprint density at radius 2 is 2.23 bits per heavy atom. The lowest BCUT2D eigenvalue weighted by molar-refractivity contribution is -0.138. The van der Waals surface area contributed by atoms with E-state index in [4.69, 9.17) is 4.74 Å². The average molecular weight is 303 g/mol. The molecule has 0 unspecified atom stereocenters. The van der Waals surface area contributed by atoms with Crippen LogP contribution in [0.3, 0.4) is 0 Å². The molecule has 4 rings (SSSR count). The number of halogens is 1. The predicted octanol–water partition coefficient (Wildman–Crippen LogP) is 2.86. The first-order chi connectivity index (χ1) is 10.5. The molecule has 5 atom stereocenters. The van der Waals surface area contributed by atoms with Gasteiger partial charge in [-0.2, -0.15) is 0 Å². The molecule has 1 aromatic rings. The van der Waals surface area contributed by atoms with Crippen LogP contribution in [0, 0.1) is 23.1 Å². The molecule has 1 N–H and O–H groups in total. The summed E-state index contributed by atoms with van der Waals surface area (Å²) in [5.41, 5.74) is 0.954. The number of carbonyl (C=O) groups is 1. The van der Waals surface area contributed by atoms with Gasteiger partial charge in [0.1, 0.15) is 5.82 Å². The zero-order chi connectivity index (χ0) is 15.5. The van der Waals surface area contributed by atoms with Gasteiger partial charge in [-0.25, -0.2) is 4.39 Å². The molecule has 0 bridgehead atoms. The van der Waals surface area contributed by atoms with Crippen molar-refractivity contribution in [3.63, 3.8) is 0 Å². The van der Waals surface area contributed by atoms with Gasteiger partial charge in [0.2, 0.25) is 5.91 Å². The second kappa shape index (κ2) is 4.79. The molecule has 4 heteroatoms. The zero-order valence-corrected chi connectivity index (χ0v) is 13.0. The van der Waals surface area contributed by atoms with Gasteiger partial charge < -0.3 is 10.1 Å². The molecule has 118 valence electrons. The number of rotatable bonds is 3. The summed E-state index contributed by atoms with van der Waals surface area (Å²) in [7, 11) is 0. The van der Waals surface area contributed by atoms with Gasteiger partial charge >= 0.3 is 0 Å².